The molecular formula is C14H16ClN3OS. The lowest BCUT2D eigenvalue weighted by Gasteiger charge is -2.20. The summed E-state index contributed by atoms with van der Waals surface area (Å²) in [5.74, 6) is 0. The van der Waals surface area contributed by atoms with Gasteiger partial charge in [0.1, 0.15) is 0 Å². The van der Waals surface area contributed by atoms with Crippen molar-refractivity contribution in [3.63, 3.8) is 0 Å². The van der Waals surface area contributed by atoms with Crippen molar-refractivity contribution in [1.82, 2.24) is 15.2 Å². The summed E-state index contributed by atoms with van der Waals surface area (Å²) in [6, 6.07) is 9.16. The van der Waals surface area contributed by atoms with Crippen LogP contribution in [-0.2, 0) is 6.54 Å². The zero-order valence-electron chi connectivity index (χ0n) is 11.3. The first-order valence-corrected chi connectivity index (χ1v) is 7.42. The first-order chi connectivity index (χ1) is 9.56. The Hall–Kier alpha value is -1.59. The highest BCUT2D eigenvalue weighted by Gasteiger charge is 2.14. The third kappa shape index (κ3) is 3.95. The van der Waals surface area contributed by atoms with Crippen LogP contribution in [0, 0.1) is 0 Å². The van der Waals surface area contributed by atoms with Crippen molar-refractivity contribution >= 4 is 29.0 Å². The summed E-state index contributed by atoms with van der Waals surface area (Å²) in [5, 5.41) is 2.92. The summed E-state index contributed by atoms with van der Waals surface area (Å²) in [7, 11) is 1.76. The minimum atomic E-state index is -0.132. The van der Waals surface area contributed by atoms with Crippen LogP contribution in [0.25, 0.3) is 0 Å². The molecule has 2 aromatic rings. The Morgan fingerprint density at radius 2 is 2.25 bits per heavy atom. The van der Waals surface area contributed by atoms with Gasteiger partial charge < -0.3 is 10.2 Å². The van der Waals surface area contributed by atoms with Gasteiger partial charge in [0.15, 0.2) is 0 Å². The van der Waals surface area contributed by atoms with E-state index >= 15 is 0 Å². The number of nitrogens with zero attached hydrogens (tertiary/aromatic N) is 2. The molecule has 0 spiro atoms. The Kier molecular flexibility index (Phi) is 4.98. The Balaban J connectivity index is 1.91. The number of thiophene rings is 1. The molecule has 0 aliphatic heterocycles. The number of hydrogen-bond donors (Lipinski definition) is 1. The fourth-order valence-electron chi connectivity index (χ4n) is 1.74. The monoisotopic (exact) mass is 309 g/mol. The van der Waals surface area contributed by atoms with Gasteiger partial charge in [-0.1, -0.05) is 17.7 Å². The molecule has 0 saturated carbocycles. The van der Waals surface area contributed by atoms with Crippen LogP contribution >= 0.6 is 22.9 Å². The normalized spacial score (nSPS) is 11.9. The molecule has 0 saturated heterocycles. The minimum absolute atomic E-state index is 0.127. The van der Waals surface area contributed by atoms with Crippen LogP contribution in [0.5, 0.6) is 0 Å². The summed E-state index contributed by atoms with van der Waals surface area (Å²) in [5.41, 5.74) is 0.841. The van der Waals surface area contributed by atoms with Gasteiger partial charge in [-0.05, 0) is 31.2 Å². The van der Waals surface area contributed by atoms with Crippen molar-refractivity contribution < 1.29 is 4.79 Å². The first kappa shape index (κ1) is 14.8. The van der Waals surface area contributed by atoms with Crippen molar-refractivity contribution in [1.29, 1.82) is 0 Å². The summed E-state index contributed by atoms with van der Waals surface area (Å²) >= 11 is 7.36. The van der Waals surface area contributed by atoms with Crippen LogP contribution in [0.2, 0.25) is 4.34 Å². The van der Waals surface area contributed by atoms with Crippen LogP contribution in [0.15, 0.2) is 36.5 Å². The topological polar surface area (TPSA) is 45.2 Å². The van der Waals surface area contributed by atoms with Gasteiger partial charge in [0.05, 0.1) is 22.6 Å². The fourth-order valence-corrected chi connectivity index (χ4v) is 2.88. The summed E-state index contributed by atoms with van der Waals surface area (Å²) in [6.45, 7) is 2.45. The highest BCUT2D eigenvalue weighted by molar-refractivity contribution is 7.16. The quantitative estimate of drug-likeness (QED) is 0.936. The lowest BCUT2D eigenvalue weighted by Crippen LogP contribution is -2.38. The smallest absolute Gasteiger partial charge is 0.317 e. The fraction of sp³-hybridized carbons (Fsp3) is 0.286. The molecule has 0 aliphatic rings. The maximum absolute atomic E-state index is 12.1. The average Bonchev–Trinajstić information content (AvgIpc) is 2.85. The molecule has 4 nitrogen and oxygen atoms in total. The number of carbonyl (C=O) groups excluding carboxylic acids is 1. The molecule has 0 aliphatic carbocycles. The zero-order valence-corrected chi connectivity index (χ0v) is 12.9. The predicted molar refractivity (Wildman–Crippen MR) is 82.0 cm³/mol. The van der Waals surface area contributed by atoms with Crippen molar-refractivity contribution in [2.45, 2.75) is 19.5 Å². The standard InChI is InChI=1S/C14H16ClN3OS/c1-10(12-5-3-4-8-16-12)17-14(19)18(2)9-11-6-7-13(15)20-11/h3-8,10H,9H2,1-2H3,(H,17,19)/t10-/m0/s1. The summed E-state index contributed by atoms with van der Waals surface area (Å²) in [4.78, 5) is 19.0. The van der Waals surface area contributed by atoms with E-state index in [-0.39, 0.29) is 12.1 Å². The molecule has 106 valence electrons. The summed E-state index contributed by atoms with van der Waals surface area (Å²) in [6.07, 6.45) is 1.72. The minimum Gasteiger partial charge on any atom is -0.330 e. The lowest BCUT2D eigenvalue weighted by atomic mass is 10.2. The first-order valence-electron chi connectivity index (χ1n) is 6.23. The van der Waals surface area contributed by atoms with E-state index < -0.39 is 0 Å². The van der Waals surface area contributed by atoms with Crippen LogP contribution < -0.4 is 5.32 Å². The maximum Gasteiger partial charge on any atom is 0.317 e. The number of aromatic nitrogens is 1. The number of rotatable bonds is 4. The highest BCUT2D eigenvalue weighted by Crippen LogP contribution is 2.22. The van der Waals surface area contributed by atoms with E-state index in [1.54, 1.807) is 18.1 Å². The van der Waals surface area contributed by atoms with Crippen LogP contribution in [0.1, 0.15) is 23.5 Å². The van der Waals surface area contributed by atoms with E-state index in [0.29, 0.717) is 6.54 Å². The van der Waals surface area contributed by atoms with Crippen molar-refractivity contribution in [3.8, 4) is 0 Å². The highest BCUT2D eigenvalue weighted by atomic mass is 35.5. The molecule has 20 heavy (non-hydrogen) atoms. The Bertz CT molecular complexity index is 573. The van der Waals surface area contributed by atoms with Crippen molar-refractivity contribution in [3.05, 3.63) is 51.4 Å². The summed E-state index contributed by atoms with van der Waals surface area (Å²) < 4.78 is 0.732. The molecule has 0 radical (unpaired) electrons. The second-order valence-electron chi connectivity index (χ2n) is 4.49. The van der Waals surface area contributed by atoms with E-state index in [4.69, 9.17) is 11.6 Å². The SMILES string of the molecule is C[C@H](NC(=O)N(C)Cc1ccc(Cl)s1)c1ccccn1. The van der Waals surface area contributed by atoms with Crippen molar-refractivity contribution in [2.75, 3.05) is 7.05 Å². The molecule has 0 bridgehead atoms. The van der Waals surface area contributed by atoms with E-state index in [9.17, 15) is 4.79 Å². The number of urea groups is 1. The predicted octanol–water partition coefficient (Wildman–Crippen LogP) is 3.70. The maximum atomic E-state index is 12.1. The number of nitrogens with one attached hydrogen (secondary N) is 1. The van der Waals surface area contributed by atoms with E-state index in [0.717, 1.165) is 14.9 Å². The van der Waals surface area contributed by atoms with E-state index in [2.05, 4.69) is 10.3 Å². The number of hydrogen-bond acceptors (Lipinski definition) is 3. The molecule has 2 heterocycles. The number of pyridine rings is 1. The molecule has 1 N–H and O–H groups in total. The molecule has 0 unspecified atom stereocenters. The molecule has 0 fully saturated rings. The van der Waals surface area contributed by atoms with Crippen LogP contribution in [0.4, 0.5) is 4.79 Å². The number of carbonyl (C=O) groups is 1. The van der Waals surface area contributed by atoms with Crippen LogP contribution in [0.3, 0.4) is 0 Å². The molecule has 2 aromatic heterocycles. The Labute approximate surface area is 127 Å². The molecule has 1 atom stereocenters. The molecule has 2 rings (SSSR count). The van der Waals surface area contributed by atoms with Gasteiger partial charge >= 0.3 is 6.03 Å². The third-order valence-electron chi connectivity index (χ3n) is 2.84. The number of amides is 2. The molecular weight excluding hydrogens is 294 g/mol. The molecule has 6 heteroatoms. The van der Waals surface area contributed by atoms with Gasteiger partial charge in [0.2, 0.25) is 0 Å². The lowest BCUT2D eigenvalue weighted by molar-refractivity contribution is 0.203. The van der Waals surface area contributed by atoms with E-state index in [1.165, 1.54) is 11.3 Å². The third-order valence-corrected chi connectivity index (χ3v) is 4.06. The van der Waals surface area contributed by atoms with Gasteiger partial charge in [-0.25, -0.2) is 4.79 Å². The van der Waals surface area contributed by atoms with Crippen LogP contribution in [-0.4, -0.2) is 23.0 Å². The van der Waals surface area contributed by atoms with Gasteiger partial charge in [-0.15, -0.1) is 11.3 Å². The largest absolute Gasteiger partial charge is 0.330 e. The van der Waals surface area contributed by atoms with Gasteiger partial charge in [0, 0.05) is 18.1 Å². The Morgan fingerprint density at radius 3 is 2.85 bits per heavy atom. The van der Waals surface area contributed by atoms with Crippen molar-refractivity contribution in [2.24, 2.45) is 0 Å². The Morgan fingerprint density at radius 1 is 1.45 bits per heavy atom. The van der Waals surface area contributed by atoms with Gasteiger partial charge in [-0.3, -0.25) is 4.98 Å². The second kappa shape index (κ2) is 6.72. The average molecular weight is 310 g/mol. The van der Waals surface area contributed by atoms with Gasteiger partial charge in [-0.2, -0.15) is 0 Å². The zero-order chi connectivity index (χ0) is 14.5. The molecule has 0 aromatic carbocycles. The second-order valence-corrected chi connectivity index (χ2v) is 6.29. The van der Waals surface area contributed by atoms with E-state index in [1.807, 2.05) is 37.3 Å². The number of halogens is 1. The van der Waals surface area contributed by atoms with Gasteiger partial charge in [0.25, 0.3) is 0 Å². The molecule has 2 amide bonds.